The third-order valence-corrected chi connectivity index (χ3v) is 5.05. The summed E-state index contributed by atoms with van der Waals surface area (Å²) in [5.41, 5.74) is 7.75. The normalized spacial score (nSPS) is 14.0. The van der Waals surface area contributed by atoms with Crippen LogP contribution >= 0.6 is 0 Å². The highest BCUT2D eigenvalue weighted by Crippen LogP contribution is 2.38. The van der Waals surface area contributed by atoms with E-state index in [1.54, 1.807) is 7.11 Å². The fourth-order valence-corrected chi connectivity index (χ4v) is 3.71. The largest absolute Gasteiger partial charge is 0.497 e. The lowest BCUT2D eigenvalue weighted by Crippen LogP contribution is -2.19. The van der Waals surface area contributed by atoms with Crippen molar-refractivity contribution in [2.24, 2.45) is 0 Å². The van der Waals surface area contributed by atoms with E-state index >= 15 is 0 Å². The molecule has 1 heterocycles. The van der Waals surface area contributed by atoms with E-state index in [4.69, 9.17) is 4.74 Å². The lowest BCUT2D eigenvalue weighted by Gasteiger charge is -2.24. The first-order chi connectivity index (χ1) is 12.8. The van der Waals surface area contributed by atoms with Crippen molar-refractivity contribution >= 4 is 11.3 Å². The van der Waals surface area contributed by atoms with E-state index in [2.05, 4.69) is 78.7 Å². The maximum Gasteiger partial charge on any atom is 0.118 e. The third kappa shape index (κ3) is 2.99. The molecule has 0 saturated heterocycles. The second kappa shape index (κ2) is 7.09. The van der Waals surface area contributed by atoms with Crippen LogP contribution in [0.25, 0.3) is 11.3 Å². The molecule has 3 aromatic carbocycles. The summed E-state index contributed by atoms with van der Waals surface area (Å²) in [7, 11) is 3.90. The van der Waals surface area contributed by atoms with Gasteiger partial charge in [0.2, 0.25) is 0 Å². The number of likely N-dealkylation sites (N-methyl/N-ethyl adjacent to an activating group) is 1. The molecule has 0 spiro atoms. The summed E-state index contributed by atoms with van der Waals surface area (Å²) < 4.78 is 5.36. The van der Waals surface area contributed by atoms with Gasteiger partial charge in [-0.05, 0) is 40.8 Å². The maximum absolute atomic E-state index is 5.36. The highest BCUT2D eigenvalue weighted by molar-refractivity contribution is 5.99. The molecule has 0 radical (unpaired) electrons. The predicted molar refractivity (Wildman–Crippen MR) is 108 cm³/mol. The van der Waals surface area contributed by atoms with Gasteiger partial charge < -0.3 is 9.64 Å². The second-order valence-corrected chi connectivity index (χ2v) is 6.65. The van der Waals surface area contributed by atoms with Crippen LogP contribution in [0.1, 0.15) is 22.3 Å². The van der Waals surface area contributed by atoms with Crippen LogP contribution in [0.5, 0.6) is 5.75 Å². The molecule has 2 heteroatoms. The van der Waals surface area contributed by atoms with Crippen LogP contribution in [0.15, 0.2) is 78.9 Å². The number of fused-ring (bicyclic) bond motifs is 1. The van der Waals surface area contributed by atoms with Gasteiger partial charge in [0.25, 0.3) is 0 Å². The zero-order chi connectivity index (χ0) is 17.9. The van der Waals surface area contributed by atoms with Gasteiger partial charge >= 0.3 is 0 Å². The molecule has 26 heavy (non-hydrogen) atoms. The lowest BCUT2D eigenvalue weighted by molar-refractivity contribution is 0.415. The Balaban J connectivity index is 2.01. The molecule has 0 atom stereocenters. The van der Waals surface area contributed by atoms with Gasteiger partial charge in [0.15, 0.2) is 0 Å². The van der Waals surface area contributed by atoms with Crippen molar-refractivity contribution in [1.29, 1.82) is 0 Å². The molecule has 0 bridgehead atoms. The zero-order valence-electron chi connectivity index (χ0n) is 15.3. The summed E-state index contributed by atoms with van der Waals surface area (Å²) in [5.74, 6) is 0.880. The molecule has 1 aliphatic rings. The molecule has 0 aliphatic carbocycles. The van der Waals surface area contributed by atoms with Gasteiger partial charge in [-0.15, -0.1) is 0 Å². The van der Waals surface area contributed by atoms with E-state index in [9.17, 15) is 0 Å². The number of nitrogens with zero attached hydrogens (tertiary/aromatic N) is 1. The molecule has 0 amide bonds. The molecule has 4 rings (SSSR count). The van der Waals surface area contributed by atoms with Gasteiger partial charge in [0.05, 0.1) is 12.8 Å². The van der Waals surface area contributed by atoms with E-state index in [0.717, 1.165) is 18.7 Å². The number of rotatable bonds is 3. The topological polar surface area (TPSA) is 12.5 Å². The minimum Gasteiger partial charge on any atom is -0.497 e. The van der Waals surface area contributed by atoms with Gasteiger partial charge in [-0.1, -0.05) is 66.7 Å². The van der Waals surface area contributed by atoms with E-state index in [0.29, 0.717) is 0 Å². The van der Waals surface area contributed by atoms with Crippen LogP contribution in [0.4, 0.5) is 0 Å². The van der Waals surface area contributed by atoms with Crippen LogP contribution in [0.2, 0.25) is 0 Å². The van der Waals surface area contributed by atoms with E-state index < -0.39 is 0 Å². The Morgan fingerprint density at radius 1 is 0.769 bits per heavy atom. The van der Waals surface area contributed by atoms with Crippen molar-refractivity contribution in [3.05, 3.63) is 101 Å². The van der Waals surface area contributed by atoms with Crippen molar-refractivity contribution in [1.82, 2.24) is 4.90 Å². The number of ether oxygens (including phenoxy) is 1. The number of hydrogen-bond donors (Lipinski definition) is 0. The van der Waals surface area contributed by atoms with Crippen LogP contribution in [-0.4, -0.2) is 25.6 Å². The van der Waals surface area contributed by atoms with Gasteiger partial charge in [-0.2, -0.15) is 0 Å². The quantitative estimate of drug-likeness (QED) is 0.657. The summed E-state index contributed by atoms with van der Waals surface area (Å²) in [6.07, 6.45) is 1.04. The van der Waals surface area contributed by atoms with Gasteiger partial charge in [0, 0.05) is 19.2 Å². The van der Waals surface area contributed by atoms with Crippen molar-refractivity contribution < 1.29 is 4.74 Å². The monoisotopic (exact) mass is 341 g/mol. The van der Waals surface area contributed by atoms with E-state index in [1.807, 2.05) is 12.1 Å². The Bertz CT molecular complexity index is 926. The molecule has 3 aromatic rings. The third-order valence-electron chi connectivity index (χ3n) is 5.05. The molecule has 0 fully saturated rings. The molecule has 1 aliphatic heterocycles. The molecule has 0 aromatic heterocycles. The fraction of sp³-hybridized carbons (Fsp3) is 0.167. The first-order valence-electron chi connectivity index (χ1n) is 9.01. The van der Waals surface area contributed by atoms with Crippen LogP contribution in [0, 0.1) is 0 Å². The minimum atomic E-state index is 0.880. The Hall–Kier alpha value is -3.00. The average Bonchev–Trinajstić information content (AvgIpc) is 2.85. The Kier molecular flexibility index (Phi) is 4.49. The minimum absolute atomic E-state index is 0.880. The average molecular weight is 341 g/mol. The maximum atomic E-state index is 5.36. The van der Waals surface area contributed by atoms with Crippen molar-refractivity contribution in [3.8, 4) is 5.75 Å². The van der Waals surface area contributed by atoms with Crippen molar-refractivity contribution in [3.63, 3.8) is 0 Å². The summed E-state index contributed by atoms with van der Waals surface area (Å²) in [5, 5.41) is 0. The molecule has 2 nitrogen and oxygen atoms in total. The molecule has 0 N–H and O–H groups in total. The highest BCUT2D eigenvalue weighted by Gasteiger charge is 2.22. The number of hydrogen-bond acceptors (Lipinski definition) is 2. The SMILES string of the molecule is COc1ccc(C2=C(c3ccccc3)N(C)CCc3ccccc32)cc1. The smallest absolute Gasteiger partial charge is 0.118 e. The predicted octanol–water partition coefficient (Wildman–Crippen LogP) is 5.10. The Morgan fingerprint density at radius 3 is 2.19 bits per heavy atom. The van der Waals surface area contributed by atoms with E-state index in [1.165, 1.54) is 33.5 Å². The first kappa shape index (κ1) is 16.5. The summed E-state index contributed by atoms with van der Waals surface area (Å²) in [6, 6.07) is 27.9. The fourth-order valence-electron chi connectivity index (χ4n) is 3.71. The van der Waals surface area contributed by atoms with Crippen molar-refractivity contribution in [2.75, 3.05) is 20.7 Å². The summed E-state index contributed by atoms with van der Waals surface area (Å²) in [4.78, 5) is 2.38. The van der Waals surface area contributed by atoms with Gasteiger partial charge in [-0.3, -0.25) is 0 Å². The summed E-state index contributed by atoms with van der Waals surface area (Å²) >= 11 is 0. The van der Waals surface area contributed by atoms with Gasteiger partial charge in [0.1, 0.15) is 5.75 Å². The molecular formula is C24H23NO. The van der Waals surface area contributed by atoms with Crippen LogP contribution in [0.3, 0.4) is 0 Å². The zero-order valence-corrected chi connectivity index (χ0v) is 15.3. The summed E-state index contributed by atoms with van der Waals surface area (Å²) in [6.45, 7) is 1.00. The lowest BCUT2D eigenvalue weighted by atomic mass is 9.90. The first-order valence-corrected chi connectivity index (χ1v) is 9.01. The number of benzene rings is 3. The van der Waals surface area contributed by atoms with E-state index in [-0.39, 0.29) is 0 Å². The molecule has 0 unspecified atom stereocenters. The molecule has 0 saturated carbocycles. The van der Waals surface area contributed by atoms with Crippen molar-refractivity contribution in [2.45, 2.75) is 6.42 Å². The number of methoxy groups -OCH3 is 1. The van der Waals surface area contributed by atoms with Crippen LogP contribution < -0.4 is 4.74 Å². The highest BCUT2D eigenvalue weighted by atomic mass is 16.5. The standard InChI is InChI=1S/C24H23NO/c1-25-17-16-18-8-6-7-11-22(18)23(19-12-14-21(26-2)15-13-19)24(25)20-9-4-3-5-10-20/h3-15H,16-17H2,1-2H3. The molecule has 130 valence electrons. The van der Waals surface area contributed by atoms with Crippen LogP contribution in [-0.2, 0) is 6.42 Å². The molecular weight excluding hydrogens is 318 g/mol. The van der Waals surface area contributed by atoms with Gasteiger partial charge in [-0.25, -0.2) is 0 Å². The Labute approximate surface area is 155 Å². The Morgan fingerprint density at radius 2 is 1.46 bits per heavy atom. The second-order valence-electron chi connectivity index (χ2n) is 6.65.